The molecule has 0 saturated carbocycles. The van der Waals surface area contributed by atoms with Gasteiger partial charge in [-0.25, -0.2) is 0 Å². The van der Waals surface area contributed by atoms with E-state index in [4.69, 9.17) is 0 Å². The number of anilines is 2. The number of hydrogen-bond donors (Lipinski definition) is 2. The molecule has 0 aliphatic heterocycles. The van der Waals surface area contributed by atoms with Crippen LogP contribution in [0.2, 0.25) is 0 Å². The molecule has 3 aromatic carbocycles. The molecule has 0 fully saturated rings. The Labute approximate surface area is 213 Å². The van der Waals surface area contributed by atoms with Gasteiger partial charge >= 0.3 is 0 Å². The van der Waals surface area contributed by atoms with Gasteiger partial charge in [0.1, 0.15) is 0 Å². The number of carbonyl (C=O) groups is 3. The van der Waals surface area contributed by atoms with Crippen LogP contribution in [-0.4, -0.2) is 32.4 Å². The predicted octanol–water partition coefficient (Wildman–Crippen LogP) is 5.19. The Hall–Kier alpha value is -4.24. The summed E-state index contributed by atoms with van der Waals surface area (Å²) in [6.45, 7) is 2.98. The van der Waals surface area contributed by atoms with Gasteiger partial charge in [-0.3, -0.25) is 14.4 Å². The summed E-state index contributed by atoms with van der Waals surface area (Å²) >= 11 is 1.55. The van der Waals surface area contributed by atoms with Crippen LogP contribution >= 0.6 is 11.8 Å². The van der Waals surface area contributed by atoms with E-state index in [1.807, 2.05) is 48.0 Å². The van der Waals surface area contributed by atoms with Gasteiger partial charge in [-0.15, -0.1) is 10.2 Å². The summed E-state index contributed by atoms with van der Waals surface area (Å²) in [6, 6.07) is 21.7. The standard InChI is InChI=1S/C27H25N5O3S/c1-17(33)20-8-12-24(13-9-20)29-26(35)22-6-4-19(5-7-22)16-36-27-31-30-25(32(27)3)21-10-14-23(15-11-21)28-18(2)34/h4-15H,16H2,1-3H3,(H,28,34)(H,29,35). The van der Waals surface area contributed by atoms with Crippen molar-refractivity contribution < 1.29 is 14.4 Å². The molecule has 182 valence electrons. The maximum absolute atomic E-state index is 12.6. The molecule has 8 nitrogen and oxygen atoms in total. The maximum Gasteiger partial charge on any atom is 0.255 e. The minimum absolute atomic E-state index is 0.0174. The Morgan fingerprint density at radius 3 is 1.97 bits per heavy atom. The largest absolute Gasteiger partial charge is 0.326 e. The molecule has 0 bridgehead atoms. The Morgan fingerprint density at radius 1 is 0.778 bits per heavy atom. The van der Waals surface area contributed by atoms with Crippen molar-refractivity contribution in [3.63, 3.8) is 0 Å². The van der Waals surface area contributed by atoms with Crippen molar-refractivity contribution in [2.75, 3.05) is 10.6 Å². The number of carbonyl (C=O) groups excluding carboxylic acids is 3. The molecule has 0 spiro atoms. The van der Waals surface area contributed by atoms with E-state index >= 15 is 0 Å². The van der Waals surface area contributed by atoms with Gasteiger partial charge < -0.3 is 15.2 Å². The minimum Gasteiger partial charge on any atom is -0.326 e. The van der Waals surface area contributed by atoms with Gasteiger partial charge in [0.05, 0.1) is 0 Å². The van der Waals surface area contributed by atoms with E-state index in [9.17, 15) is 14.4 Å². The number of nitrogens with one attached hydrogen (secondary N) is 2. The fraction of sp³-hybridized carbons (Fsp3) is 0.148. The van der Waals surface area contributed by atoms with E-state index < -0.39 is 0 Å². The van der Waals surface area contributed by atoms with Crippen molar-refractivity contribution in [3.05, 3.63) is 89.5 Å². The fourth-order valence-electron chi connectivity index (χ4n) is 3.49. The molecule has 0 radical (unpaired) electrons. The number of nitrogens with zero attached hydrogens (tertiary/aromatic N) is 3. The van der Waals surface area contributed by atoms with E-state index in [2.05, 4.69) is 20.8 Å². The molecule has 36 heavy (non-hydrogen) atoms. The molecule has 0 saturated heterocycles. The smallest absolute Gasteiger partial charge is 0.255 e. The normalized spacial score (nSPS) is 10.6. The van der Waals surface area contributed by atoms with Crippen LogP contribution in [0, 0.1) is 0 Å². The van der Waals surface area contributed by atoms with E-state index in [1.54, 1.807) is 48.2 Å². The summed E-state index contributed by atoms with van der Waals surface area (Å²) < 4.78 is 1.93. The lowest BCUT2D eigenvalue weighted by atomic mass is 10.1. The van der Waals surface area contributed by atoms with Crippen LogP contribution in [0.3, 0.4) is 0 Å². The molecule has 2 N–H and O–H groups in total. The Balaban J connectivity index is 1.35. The van der Waals surface area contributed by atoms with E-state index in [-0.39, 0.29) is 17.6 Å². The molecular formula is C27H25N5O3S. The summed E-state index contributed by atoms with van der Waals surface area (Å²) in [5.74, 6) is 1.05. The second-order valence-corrected chi connectivity index (χ2v) is 9.14. The lowest BCUT2D eigenvalue weighted by Crippen LogP contribution is -2.11. The molecule has 4 rings (SSSR count). The number of rotatable bonds is 8. The number of hydrogen-bond acceptors (Lipinski definition) is 6. The molecule has 0 atom stereocenters. The van der Waals surface area contributed by atoms with Gasteiger partial charge in [0.15, 0.2) is 16.8 Å². The minimum atomic E-state index is -0.216. The molecule has 0 aliphatic rings. The summed E-state index contributed by atoms with van der Waals surface area (Å²) in [4.78, 5) is 35.1. The number of ketones is 1. The highest BCUT2D eigenvalue weighted by Gasteiger charge is 2.12. The number of thioether (sulfide) groups is 1. The average Bonchev–Trinajstić information content (AvgIpc) is 3.23. The van der Waals surface area contributed by atoms with Gasteiger partial charge in [-0.05, 0) is 73.2 Å². The molecular weight excluding hydrogens is 474 g/mol. The summed E-state index contributed by atoms with van der Waals surface area (Å²) in [5, 5.41) is 15.0. The molecule has 0 unspecified atom stereocenters. The first-order valence-electron chi connectivity index (χ1n) is 11.2. The summed E-state index contributed by atoms with van der Waals surface area (Å²) in [7, 11) is 1.91. The second-order valence-electron chi connectivity index (χ2n) is 8.20. The Bertz CT molecular complexity index is 1400. The number of aromatic nitrogens is 3. The third kappa shape index (κ3) is 6.05. The van der Waals surface area contributed by atoms with Crippen molar-refractivity contribution in [2.45, 2.75) is 24.8 Å². The number of Topliss-reactive ketones (excluding diaryl/α,β-unsaturated/α-hetero) is 1. The Morgan fingerprint density at radius 2 is 1.36 bits per heavy atom. The zero-order valence-corrected chi connectivity index (χ0v) is 20.9. The average molecular weight is 500 g/mol. The van der Waals surface area contributed by atoms with Gasteiger partial charge in [0, 0.05) is 47.8 Å². The Kier molecular flexibility index (Phi) is 7.60. The zero-order chi connectivity index (χ0) is 25.7. The third-order valence-electron chi connectivity index (χ3n) is 5.43. The van der Waals surface area contributed by atoms with E-state index in [0.29, 0.717) is 22.6 Å². The summed E-state index contributed by atoms with van der Waals surface area (Å²) in [5.41, 5.74) is 4.45. The lowest BCUT2D eigenvalue weighted by molar-refractivity contribution is -0.114. The third-order valence-corrected chi connectivity index (χ3v) is 6.52. The van der Waals surface area contributed by atoms with Crippen LogP contribution in [-0.2, 0) is 17.6 Å². The molecule has 1 heterocycles. The highest BCUT2D eigenvalue weighted by molar-refractivity contribution is 7.98. The SMILES string of the molecule is CC(=O)Nc1ccc(-c2nnc(SCc3ccc(C(=O)Nc4ccc(C(C)=O)cc4)cc3)n2C)cc1. The predicted molar refractivity (Wildman–Crippen MR) is 141 cm³/mol. The van der Waals surface area contributed by atoms with Crippen LogP contribution in [0.1, 0.15) is 40.1 Å². The van der Waals surface area contributed by atoms with Crippen molar-refractivity contribution in [3.8, 4) is 11.4 Å². The second kappa shape index (κ2) is 11.0. The van der Waals surface area contributed by atoms with Crippen molar-refractivity contribution in [2.24, 2.45) is 7.05 Å². The van der Waals surface area contributed by atoms with Gasteiger partial charge in [-0.2, -0.15) is 0 Å². The zero-order valence-electron chi connectivity index (χ0n) is 20.1. The summed E-state index contributed by atoms with van der Waals surface area (Å²) in [6.07, 6.45) is 0. The maximum atomic E-state index is 12.6. The first kappa shape index (κ1) is 24.9. The van der Waals surface area contributed by atoms with E-state index in [1.165, 1.54) is 13.8 Å². The first-order valence-corrected chi connectivity index (χ1v) is 12.2. The lowest BCUT2D eigenvalue weighted by Gasteiger charge is -2.07. The molecule has 2 amide bonds. The van der Waals surface area contributed by atoms with Crippen LogP contribution in [0.4, 0.5) is 11.4 Å². The highest BCUT2D eigenvalue weighted by Crippen LogP contribution is 2.26. The molecule has 1 aromatic heterocycles. The van der Waals surface area contributed by atoms with Gasteiger partial charge in [-0.1, -0.05) is 23.9 Å². The molecule has 0 aliphatic carbocycles. The van der Waals surface area contributed by atoms with Crippen molar-refractivity contribution in [1.29, 1.82) is 0 Å². The van der Waals surface area contributed by atoms with Gasteiger partial charge in [0.2, 0.25) is 5.91 Å². The topological polar surface area (TPSA) is 106 Å². The van der Waals surface area contributed by atoms with Crippen LogP contribution < -0.4 is 10.6 Å². The van der Waals surface area contributed by atoms with Crippen LogP contribution in [0.25, 0.3) is 11.4 Å². The quantitative estimate of drug-likeness (QED) is 0.255. The van der Waals surface area contributed by atoms with E-state index in [0.717, 1.165) is 27.8 Å². The van der Waals surface area contributed by atoms with Crippen LogP contribution in [0.15, 0.2) is 78.0 Å². The van der Waals surface area contributed by atoms with Crippen LogP contribution in [0.5, 0.6) is 0 Å². The number of amides is 2. The molecule has 9 heteroatoms. The van der Waals surface area contributed by atoms with Crippen molar-refractivity contribution in [1.82, 2.24) is 14.8 Å². The highest BCUT2D eigenvalue weighted by atomic mass is 32.2. The fourth-order valence-corrected chi connectivity index (χ4v) is 4.36. The first-order chi connectivity index (χ1) is 17.3. The number of benzene rings is 3. The van der Waals surface area contributed by atoms with Gasteiger partial charge in [0.25, 0.3) is 5.91 Å². The van der Waals surface area contributed by atoms with Crippen molar-refractivity contribution >= 4 is 40.7 Å². The monoisotopic (exact) mass is 499 g/mol. The molecule has 4 aromatic rings.